The van der Waals surface area contributed by atoms with Gasteiger partial charge in [0.05, 0.1) is 29.8 Å². The van der Waals surface area contributed by atoms with E-state index >= 15 is 0 Å². The predicted octanol–water partition coefficient (Wildman–Crippen LogP) is 4.57. The van der Waals surface area contributed by atoms with Gasteiger partial charge in [0.15, 0.2) is 0 Å². The van der Waals surface area contributed by atoms with Gasteiger partial charge in [-0.3, -0.25) is 9.10 Å². The molecule has 1 fully saturated rings. The molecule has 0 spiro atoms. The number of halogens is 1. The van der Waals surface area contributed by atoms with Gasteiger partial charge in [-0.25, -0.2) is 8.42 Å². The monoisotopic (exact) mass is 598 g/mol. The second-order valence-electron chi connectivity index (χ2n) is 11.0. The first kappa shape index (κ1) is 33.9. The maximum Gasteiger partial charge on any atom is 0.251 e. The molecule has 4 N–H and O–H groups in total. The first-order valence-corrected chi connectivity index (χ1v) is 15.8. The van der Waals surface area contributed by atoms with E-state index in [1.807, 2.05) is 13.0 Å². The summed E-state index contributed by atoms with van der Waals surface area (Å²) in [5, 5.41) is 20.7. The number of carbonyl (C=O) groups excluding carboxylic acids is 1. The zero-order valence-corrected chi connectivity index (χ0v) is 25.8. The summed E-state index contributed by atoms with van der Waals surface area (Å²) in [5.74, 6) is 1.04. The molecule has 0 bridgehead atoms. The van der Waals surface area contributed by atoms with Gasteiger partial charge in [-0.15, -0.1) is 12.4 Å². The fraction of sp³-hybridized carbons (Fsp3) is 0.621. The molecule has 1 amide bonds. The number of hydrogen-bond donors (Lipinski definition) is 4. The summed E-state index contributed by atoms with van der Waals surface area (Å²) in [6, 6.07) is 8.32. The van der Waals surface area contributed by atoms with Crippen LogP contribution in [0.1, 0.15) is 75.9 Å². The minimum absolute atomic E-state index is 0. The molecule has 0 aliphatic carbocycles. The van der Waals surface area contributed by atoms with Crippen LogP contribution < -0.4 is 20.3 Å². The summed E-state index contributed by atoms with van der Waals surface area (Å²) < 4.78 is 32.4. The molecule has 40 heavy (non-hydrogen) atoms. The maximum atomic E-state index is 13.5. The van der Waals surface area contributed by atoms with Crippen LogP contribution in [0.3, 0.4) is 0 Å². The zero-order chi connectivity index (χ0) is 28.4. The minimum atomic E-state index is -3.44. The van der Waals surface area contributed by atoms with Crippen molar-refractivity contribution in [3.05, 3.63) is 47.9 Å². The number of amides is 1. The molecule has 3 atom stereocenters. The smallest absolute Gasteiger partial charge is 0.251 e. The average Bonchev–Trinajstić information content (AvgIpc) is 3.39. The number of aliphatic hydroxyl groups excluding tert-OH is 1. The Morgan fingerprint density at radius 3 is 2.58 bits per heavy atom. The van der Waals surface area contributed by atoms with Crippen LogP contribution in [0, 0.1) is 5.92 Å². The second-order valence-corrected chi connectivity index (χ2v) is 13.0. The van der Waals surface area contributed by atoms with E-state index in [1.54, 1.807) is 30.5 Å². The average molecular weight is 599 g/mol. The largest absolute Gasteiger partial charge is 0.469 e. The van der Waals surface area contributed by atoms with E-state index in [9.17, 15) is 18.3 Å². The molecule has 11 heteroatoms. The van der Waals surface area contributed by atoms with Crippen molar-refractivity contribution in [1.82, 2.24) is 10.6 Å². The number of aliphatic hydroxyl groups is 1. The van der Waals surface area contributed by atoms with Crippen LogP contribution in [0.15, 0.2) is 41.0 Å². The Hall–Kier alpha value is -2.27. The van der Waals surface area contributed by atoms with Crippen molar-refractivity contribution in [2.24, 2.45) is 5.92 Å². The normalized spacial score (nSPS) is 17.1. The van der Waals surface area contributed by atoms with Gasteiger partial charge in [0, 0.05) is 43.3 Å². The van der Waals surface area contributed by atoms with Gasteiger partial charge in [-0.05, 0) is 69.4 Å². The molecule has 226 valence electrons. The summed E-state index contributed by atoms with van der Waals surface area (Å²) in [6.45, 7) is 9.81. The molecule has 1 aliphatic heterocycles. The number of anilines is 2. The quantitative estimate of drug-likeness (QED) is 0.237. The Morgan fingerprint density at radius 1 is 1.15 bits per heavy atom. The summed E-state index contributed by atoms with van der Waals surface area (Å²) in [7, 11) is -3.44. The van der Waals surface area contributed by atoms with Gasteiger partial charge >= 0.3 is 0 Å². The number of nitrogens with one attached hydrogen (secondary N) is 3. The number of sulfonamides is 1. The summed E-state index contributed by atoms with van der Waals surface area (Å²) in [6.07, 6.45) is 5.74. The third kappa shape index (κ3) is 10.3. The van der Waals surface area contributed by atoms with Crippen LogP contribution in [0.4, 0.5) is 11.4 Å². The molecule has 1 aromatic heterocycles. The highest BCUT2D eigenvalue weighted by molar-refractivity contribution is 7.92. The second kappa shape index (κ2) is 16.2. The number of benzene rings is 1. The number of carbonyl (C=O) groups is 1. The van der Waals surface area contributed by atoms with E-state index in [4.69, 9.17) is 4.42 Å². The molecule has 1 aromatic carbocycles. The molecule has 9 nitrogen and oxygen atoms in total. The highest BCUT2D eigenvalue weighted by atomic mass is 35.5. The van der Waals surface area contributed by atoms with Gasteiger partial charge in [0.1, 0.15) is 5.76 Å². The lowest BCUT2D eigenvalue weighted by Gasteiger charge is -2.29. The van der Waals surface area contributed by atoms with E-state index in [0.717, 1.165) is 19.3 Å². The standard InChI is InChI=1S/C29H46N4O5S.ClH/c1-5-30-24-16-23(17-25(18-24)33-13-6-7-15-39(33,36)37)29(35)32-27(19-26-12-9-14-38-26)28(34)20-31-22(4)11-8-10-21(2)3;/h9,12,14,16-18,21-22,27-28,30-31,34H,5-8,10-11,13,15,19-20H2,1-4H3,(H,32,35);1H/t22?,27-,28+;/m0./s1. The fourth-order valence-electron chi connectivity index (χ4n) is 4.85. The Labute approximate surface area is 245 Å². The molecule has 1 saturated heterocycles. The number of nitrogens with zero attached hydrogens (tertiary/aromatic N) is 1. The Kier molecular flexibility index (Phi) is 13.8. The molecule has 2 heterocycles. The van der Waals surface area contributed by atoms with Crippen molar-refractivity contribution < 1.29 is 22.7 Å². The Bertz CT molecular complexity index is 1140. The molecule has 1 unspecified atom stereocenters. The van der Waals surface area contributed by atoms with E-state index in [1.165, 1.54) is 10.7 Å². The Morgan fingerprint density at radius 2 is 1.93 bits per heavy atom. The lowest BCUT2D eigenvalue weighted by Crippen LogP contribution is -2.49. The first-order valence-electron chi connectivity index (χ1n) is 14.2. The fourth-order valence-corrected chi connectivity index (χ4v) is 6.47. The van der Waals surface area contributed by atoms with Crippen molar-refractivity contribution >= 4 is 39.7 Å². The molecule has 1 aliphatic rings. The number of furan rings is 1. The lowest BCUT2D eigenvalue weighted by molar-refractivity contribution is 0.0818. The van der Waals surface area contributed by atoms with E-state index in [2.05, 4.69) is 36.7 Å². The van der Waals surface area contributed by atoms with Crippen molar-refractivity contribution in [3.8, 4) is 0 Å². The van der Waals surface area contributed by atoms with Gasteiger partial charge in [0.25, 0.3) is 5.91 Å². The van der Waals surface area contributed by atoms with Crippen molar-refractivity contribution in [3.63, 3.8) is 0 Å². The molecule has 3 rings (SSSR count). The van der Waals surface area contributed by atoms with Crippen LogP contribution in [0.2, 0.25) is 0 Å². The molecular formula is C29H47ClN4O5S. The number of rotatable bonds is 15. The molecular weight excluding hydrogens is 552 g/mol. The maximum absolute atomic E-state index is 13.5. The lowest BCUT2D eigenvalue weighted by atomic mass is 10.0. The predicted molar refractivity (Wildman–Crippen MR) is 164 cm³/mol. The van der Waals surface area contributed by atoms with Gasteiger partial charge in [-0.2, -0.15) is 0 Å². The summed E-state index contributed by atoms with van der Waals surface area (Å²) in [5.41, 5.74) is 1.47. The summed E-state index contributed by atoms with van der Waals surface area (Å²) >= 11 is 0. The van der Waals surface area contributed by atoms with E-state index in [0.29, 0.717) is 61.1 Å². The van der Waals surface area contributed by atoms with Crippen molar-refractivity contribution in [2.75, 3.05) is 35.0 Å². The minimum Gasteiger partial charge on any atom is -0.469 e. The number of hydrogen-bond acceptors (Lipinski definition) is 7. The van der Waals surface area contributed by atoms with E-state index in [-0.39, 0.29) is 30.1 Å². The zero-order valence-electron chi connectivity index (χ0n) is 24.2. The topological polar surface area (TPSA) is 124 Å². The SMILES string of the molecule is CCNc1cc(C(=O)N[C@@H](Cc2ccco2)[C@H](O)CNC(C)CCCC(C)C)cc(N2CCCCS2(=O)=O)c1.Cl. The highest BCUT2D eigenvalue weighted by Crippen LogP contribution is 2.28. The van der Waals surface area contributed by atoms with Gasteiger partial charge in [-0.1, -0.05) is 26.7 Å². The van der Waals surface area contributed by atoms with Crippen molar-refractivity contribution in [2.45, 2.75) is 84.4 Å². The first-order chi connectivity index (χ1) is 18.6. The van der Waals surface area contributed by atoms with Crippen LogP contribution in [0.5, 0.6) is 0 Å². The third-order valence-electron chi connectivity index (χ3n) is 7.07. The van der Waals surface area contributed by atoms with Crippen LogP contribution in [0.25, 0.3) is 0 Å². The molecule has 0 saturated carbocycles. The molecule has 0 radical (unpaired) electrons. The van der Waals surface area contributed by atoms with Crippen LogP contribution in [-0.4, -0.2) is 63.0 Å². The van der Waals surface area contributed by atoms with Crippen molar-refractivity contribution in [1.29, 1.82) is 0 Å². The highest BCUT2D eigenvalue weighted by Gasteiger charge is 2.28. The summed E-state index contributed by atoms with van der Waals surface area (Å²) in [4.78, 5) is 13.5. The third-order valence-corrected chi connectivity index (χ3v) is 8.94. The van der Waals surface area contributed by atoms with E-state index < -0.39 is 22.2 Å². The van der Waals surface area contributed by atoms with Gasteiger partial charge < -0.3 is 25.5 Å². The Balaban J connectivity index is 0.00000560. The molecule has 2 aromatic rings. The van der Waals surface area contributed by atoms with Crippen LogP contribution in [-0.2, 0) is 16.4 Å². The van der Waals surface area contributed by atoms with Gasteiger partial charge in [0.2, 0.25) is 10.0 Å². The van der Waals surface area contributed by atoms with Crippen LogP contribution >= 0.6 is 12.4 Å².